The first kappa shape index (κ1) is 26.0. The lowest BCUT2D eigenvalue weighted by atomic mass is 9.91. The quantitative estimate of drug-likeness (QED) is 0.256. The summed E-state index contributed by atoms with van der Waals surface area (Å²) >= 11 is 0. The maximum atomic E-state index is 4.69. The number of guanidine groups is 1. The number of pyridine rings is 1. The molecule has 1 aromatic heterocycles. The van der Waals surface area contributed by atoms with E-state index in [2.05, 4.69) is 105 Å². The number of halogens is 1. The highest BCUT2D eigenvalue weighted by atomic mass is 127. The normalized spacial score (nSPS) is 14.6. The zero-order chi connectivity index (χ0) is 22.9. The summed E-state index contributed by atoms with van der Waals surface area (Å²) in [6.07, 6.45) is 1.96. The second-order valence-electron chi connectivity index (χ2n) is 8.50. The number of aliphatic imine (C=N–C) groups is 1. The minimum absolute atomic E-state index is 0. The van der Waals surface area contributed by atoms with Gasteiger partial charge in [0.15, 0.2) is 5.96 Å². The summed E-state index contributed by atoms with van der Waals surface area (Å²) in [6, 6.07) is 25.5. The number of rotatable bonds is 7. The molecule has 34 heavy (non-hydrogen) atoms. The van der Waals surface area contributed by atoms with Crippen LogP contribution in [-0.4, -0.2) is 62.7 Å². The van der Waals surface area contributed by atoms with Gasteiger partial charge in [0.05, 0.1) is 0 Å². The first-order valence-corrected chi connectivity index (χ1v) is 11.7. The molecule has 0 aliphatic carbocycles. The number of nitrogens with one attached hydrogen (secondary N) is 2. The van der Waals surface area contributed by atoms with Gasteiger partial charge in [-0.2, -0.15) is 0 Å². The second-order valence-corrected chi connectivity index (χ2v) is 8.50. The van der Waals surface area contributed by atoms with Crippen molar-refractivity contribution in [1.29, 1.82) is 0 Å². The van der Waals surface area contributed by atoms with Crippen molar-refractivity contribution in [3.8, 4) is 0 Å². The average molecular weight is 571 g/mol. The van der Waals surface area contributed by atoms with Crippen LogP contribution in [0.3, 0.4) is 0 Å². The molecule has 0 amide bonds. The number of piperazine rings is 1. The highest BCUT2D eigenvalue weighted by Gasteiger charge is 2.16. The summed E-state index contributed by atoms with van der Waals surface area (Å²) in [5.74, 6) is 2.09. The van der Waals surface area contributed by atoms with Gasteiger partial charge in [-0.25, -0.2) is 4.98 Å². The van der Waals surface area contributed by atoms with Crippen LogP contribution in [0.5, 0.6) is 0 Å². The smallest absolute Gasteiger partial charge is 0.191 e. The van der Waals surface area contributed by atoms with E-state index >= 15 is 0 Å². The van der Waals surface area contributed by atoms with Gasteiger partial charge in [-0.05, 0) is 29.8 Å². The van der Waals surface area contributed by atoms with E-state index in [1.807, 2.05) is 13.2 Å². The Balaban J connectivity index is 0.00000324. The van der Waals surface area contributed by atoms with Gasteiger partial charge in [-0.1, -0.05) is 66.7 Å². The highest BCUT2D eigenvalue weighted by Crippen LogP contribution is 2.23. The molecule has 1 saturated heterocycles. The van der Waals surface area contributed by atoms with Gasteiger partial charge < -0.3 is 20.4 Å². The largest absolute Gasteiger partial charge is 0.355 e. The summed E-state index contributed by atoms with van der Waals surface area (Å²) in [5.41, 5.74) is 3.71. The van der Waals surface area contributed by atoms with Crippen molar-refractivity contribution >= 4 is 35.8 Å². The third-order valence-electron chi connectivity index (χ3n) is 6.20. The third-order valence-corrected chi connectivity index (χ3v) is 6.20. The molecule has 2 N–H and O–H groups in total. The van der Waals surface area contributed by atoms with Crippen LogP contribution in [-0.2, 0) is 6.54 Å². The van der Waals surface area contributed by atoms with E-state index in [9.17, 15) is 0 Å². The Hall–Kier alpha value is -2.65. The van der Waals surface area contributed by atoms with Crippen molar-refractivity contribution in [3.63, 3.8) is 0 Å². The molecule has 0 atom stereocenters. The molecule has 1 aliphatic rings. The number of benzene rings is 2. The van der Waals surface area contributed by atoms with Crippen LogP contribution in [0.2, 0.25) is 0 Å². The van der Waals surface area contributed by atoms with E-state index in [4.69, 9.17) is 4.98 Å². The van der Waals surface area contributed by atoms with Crippen molar-refractivity contribution in [2.24, 2.45) is 4.99 Å². The highest BCUT2D eigenvalue weighted by molar-refractivity contribution is 14.0. The van der Waals surface area contributed by atoms with Crippen molar-refractivity contribution in [2.75, 3.05) is 51.7 Å². The Bertz CT molecular complexity index is 963. The molecule has 0 bridgehead atoms. The molecule has 0 radical (unpaired) electrons. The number of anilines is 1. The summed E-state index contributed by atoms with van der Waals surface area (Å²) < 4.78 is 0. The molecule has 1 fully saturated rings. The first-order chi connectivity index (χ1) is 16.2. The number of nitrogens with zero attached hydrogens (tertiary/aromatic N) is 4. The molecule has 6 nitrogen and oxygen atoms in total. The SMILES string of the molecule is CN=C(NCc1ccc(N2CCN(C)CC2)nc1)NCC(c1ccccc1)c1ccccc1.I. The predicted molar refractivity (Wildman–Crippen MR) is 152 cm³/mol. The van der Waals surface area contributed by atoms with E-state index in [1.165, 1.54) is 11.1 Å². The fraction of sp³-hybridized carbons (Fsp3) is 0.333. The monoisotopic (exact) mass is 570 g/mol. The maximum absolute atomic E-state index is 4.69. The lowest BCUT2D eigenvalue weighted by molar-refractivity contribution is 0.312. The van der Waals surface area contributed by atoms with Crippen LogP contribution >= 0.6 is 24.0 Å². The van der Waals surface area contributed by atoms with E-state index in [0.29, 0.717) is 6.54 Å². The van der Waals surface area contributed by atoms with Gasteiger partial charge in [0.25, 0.3) is 0 Å². The van der Waals surface area contributed by atoms with E-state index < -0.39 is 0 Å². The van der Waals surface area contributed by atoms with Gasteiger partial charge >= 0.3 is 0 Å². The Morgan fingerprint density at radius 3 is 2.03 bits per heavy atom. The maximum Gasteiger partial charge on any atom is 0.191 e. The second kappa shape index (κ2) is 13.3. The van der Waals surface area contributed by atoms with Gasteiger partial charge in [-0.3, -0.25) is 4.99 Å². The topological polar surface area (TPSA) is 55.8 Å². The van der Waals surface area contributed by atoms with Crippen LogP contribution in [0, 0.1) is 0 Å². The van der Waals surface area contributed by atoms with Crippen molar-refractivity contribution in [3.05, 3.63) is 95.7 Å². The standard InChI is InChI=1S/C27H34N6.HI/c1-28-27(30-20-22-13-14-26(29-19-22)33-17-15-32(2)16-18-33)31-21-25(23-9-5-3-6-10-23)24-11-7-4-8-12-24;/h3-14,19,25H,15-18,20-21H2,1-2H3,(H2,28,30,31);1H. The van der Waals surface area contributed by atoms with Crippen LogP contribution in [0.25, 0.3) is 0 Å². The zero-order valence-corrected chi connectivity index (χ0v) is 22.4. The Morgan fingerprint density at radius 1 is 0.882 bits per heavy atom. The molecule has 4 rings (SSSR count). The molecule has 0 unspecified atom stereocenters. The number of hydrogen-bond donors (Lipinski definition) is 2. The predicted octanol–water partition coefficient (Wildman–Crippen LogP) is 3.95. The molecule has 0 saturated carbocycles. The summed E-state index contributed by atoms with van der Waals surface area (Å²) in [4.78, 5) is 13.8. The van der Waals surface area contributed by atoms with Crippen LogP contribution in [0.1, 0.15) is 22.6 Å². The lowest BCUT2D eigenvalue weighted by Crippen LogP contribution is -2.44. The summed E-state index contributed by atoms with van der Waals surface area (Å²) in [5, 5.41) is 6.94. The molecule has 1 aliphatic heterocycles. The van der Waals surface area contributed by atoms with Gasteiger partial charge in [0, 0.05) is 58.4 Å². The molecule has 2 heterocycles. The summed E-state index contributed by atoms with van der Waals surface area (Å²) in [6.45, 7) is 5.66. The zero-order valence-electron chi connectivity index (χ0n) is 20.0. The molecule has 7 heteroatoms. The molecular formula is C27H35IN6. The van der Waals surface area contributed by atoms with Crippen LogP contribution < -0.4 is 15.5 Å². The molecular weight excluding hydrogens is 535 g/mol. The third kappa shape index (κ3) is 7.17. The van der Waals surface area contributed by atoms with Crippen molar-refractivity contribution in [1.82, 2.24) is 20.5 Å². The molecule has 2 aromatic carbocycles. The van der Waals surface area contributed by atoms with Gasteiger partial charge in [0.1, 0.15) is 5.82 Å². The molecule has 0 spiro atoms. The molecule has 3 aromatic rings. The Morgan fingerprint density at radius 2 is 1.50 bits per heavy atom. The minimum atomic E-state index is 0. The van der Waals surface area contributed by atoms with Gasteiger partial charge in [0.2, 0.25) is 0 Å². The van der Waals surface area contributed by atoms with Crippen molar-refractivity contribution < 1.29 is 0 Å². The van der Waals surface area contributed by atoms with Crippen LogP contribution in [0.15, 0.2) is 84.0 Å². The van der Waals surface area contributed by atoms with Gasteiger partial charge in [-0.15, -0.1) is 24.0 Å². The first-order valence-electron chi connectivity index (χ1n) is 11.7. The van der Waals surface area contributed by atoms with E-state index in [-0.39, 0.29) is 29.9 Å². The summed E-state index contributed by atoms with van der Waals surface area (Å²) in [7, 11) is 3.98. The van der Waals surface area contributed by atoms with Crippen LogP contribution in [0.4, 0.5) is 5.82 Å². The Labute approximate surface area is 220 Å². The number of likely N-dealkylation sites (N-methyl/N-ethyl adjacent to an activating group) is 1. The minimum Gasteiger partial charge on any atom is -0.355 e. The molecule has 180 valence electrons. The van der Waals surface area contributed by atoms with E-state index in [0.717, 1.165) is 50.1 Å². The van der Waals surface area contributed by atoms with Crippen molar-refractivity contribution in [2.45, 2.75) is 12.5 Å². The van der Waals surface area contributed by atoms with E-state index in [1.54, 1.807) is 0 Å². The fourth-order valence-corrected chi connectivity index (χ4v) is 4.15. The fourth-order valence-electron chi connectivity index (χ4n) is 4.15. The average Bonchev–Trinajstić information content (AvgIpc) is 2.88. The number of hydrogen-bond acceptors (Lipinski definition) is 4. The Kier molecular flexibility index (Phi) is 10.2. The lowest BCUT2D eigenvalue weighted by Gasteiger charge is -2.33. The number of aromatic nitrogens is 1.